The van der Waals surface area contributed by atoms with Crippen molar-refractivity contribution in [3.8, 4) is 22.8 Å². The van der Waals surface area contributed by atoms with Gasteiger partial charge in [-0.3, -0.25) is 4.98 Å². The van der Waals surface area contributed by atoms with E-state index in [0.29, 0.717) is 5.88 Å². The van der Waals surface area contributed by atoms with E-state index < -0.39 is 11.7 Å². The topological polar surface area (TPSA) is 35.0 Å². The fourth-order valence-electron chi connectivity index (χ4n) is 2.76. The summed E-state index contributed by atoms with van der Waals surface area (Å²) in [4.78, 5) is 8.54. The molecular formula is C21H13F3N2O. The van der Waals surface area contributed by atoms with Crippen LogP contribution in [-0.4, -0.2) is 9.97 Å². The monoisotopic (exact) mass is 366 g/mol. The fraction of sp³-hybridized carbons (Fsp3) is 0.0476. The summed E-state index contributed by atoms with van der Waals surface area (Å²) in [7, 11) is 0. The van der Waals surface area contributed by atoms with E-state index in [1.54, 1.807) is 18.5 Å². The number of pyridine rings is 2. The van der Waals surface area contributed by atoms with Crippen molar-refractivity contribution in [1.82, 2.24) is 9.97 Å². The van der Waals surface area contributed by atoms with Crippen LogP contribution in [0.1, 0.15) is 5.56 Å². The highest BCUT2D eigenvalue weighted by atomic mass is 19.4. The summed E-state index contributed by atoms with van der Waals surface area (Å²) in [6.45, 7) is 0. The predicted molar refractivity (Wildman–Crippen MR) is 96.5 cm³/mol. The molecule has 0 unspecified atom stereocenters. The van der Waals surface area contributed by atoms with Gasteiger partial charge in [-0.05, 0) is 60.2 Å². The average Bonchev–Trinajstić information content (AvgIpc) is 2.68. The van der Waals surface area contributed by atoms with Gasteiger partial charge >= 0.3 is 6.18 Å². The first-order valence-corrected chi connectivity index (χ1v) is 8.16. The van der Waals surface area contributed by atoms with Gasteiger partial charge in [0.2, 0.25) is 5.88 Å². The molecule has 4 aromatic rings. The van der Waals surface area contributed by atoms with E-state index in [1.807, 2.05) is 36.4 Å². The molecule has 0 bridgehead atoms. The summed E-state index contributed by atoms with van der Waals surface area (Å²) in [5.41, 5.74) is 1.77. The van der Waals surface area contributed by atoms with Gasteiger partial charge < -0.3 is 4.74 Å². The summed E-state index contributed by atoms with van der Waals surface area (Å²) in [5.74, 6) is 0.603. The molecule has 0 amide bonds. The fourth-order valence-corrected chi connectivity index (χ4v) is 2.76. The lowest BCUT2D eigenvalue weighted by molar-refractivity contribution is -0.137. The first-order valence-electron chi connectivity index (χ1n) is 8.16. The molecule has 6 heteroatoms. The Kier molecular flexibility index (Phi) is 4.24. The number of aromatic nitrogens is 2. The van der Waals surface area contributed by atoms with Crippen molar-refractivity contribution < 1.29 is 17.9 Å². The minimum Gasteiger partial charge on any atom is -0.438 e. The second-order valence-corrected chi connectivity index (χ2v) is 5.89. The van der Waals surface area contributed by atoms with Crippen LogP contribution in [-0.2, 0) is 6.18 Å². The Morgan fingerprint density at radius 2 is 1.52 bits per heavy atom. The third-order valence-electron chi connectivity index (χ3n) is 4.08. The van der Waals surface area contributed by atoms with E-state index >= 15 is 0 Å². The Morgan fingerprint density at radius 3 is 2.30 bits per heavy atom. The molecule has 0 saturated heterocycles. The van der Waals surface area contributed by atoms with Crippen molar-refractivity contribution in [3.63, 3.8) is 0 Å². The molecule has 3 nitrogen and oxygen atoms in total. The third-order valence-corrected chi connectivity index (χ3v) is 4.08. The Labute approximate surface area is 153 Å². The first-order chi connectivity index (χ1) is 13.0. The van der Waals surface area contributed by atoms with Crippen molar-refractivity contribution in [2.24, 2.45) is 0 Å². The van der Waals surface area contributed by atoms with Crippen LogP contribution in [0, 0.1) is 0 Å². The maximum absolute atomic E-state index is 12.7. The van der Waals surface area contributed by atoms with E-state index in [0.717, 1.165) is 34.2 Å². The maximum atomic E-state index is 12.7. The van der Waals surface area contributed by atoms with Gasteiger partial charge in [-0.1, -0.05) is 12.1 Å². The molecule has 0 N–H and O–H groups in total. The second-order valence-electron chi connectivity index (χ2n) is 5.89. The second kappa shape index (κ2) is 6.72. The SMILES string of the molecule is FC(F)(F)c1ccc(Oc2ncccc2-c2ccc3ncccc3c2)cc1. The highest BCUT2D eigenvalue weighted by molar-refractivity contribution is 5.85. The number of rotatable bonds is 3. The third kappa shape index (κ3) is 3.60. The van der Waals surface area contributed by atoms with Crippen LogP contribution < -0.4 is 4.74 Å². The molecule has 2 aromatic heterocycles. The summed E-state index contributed by atoms with van der Waals surface area (Å²) in [5, 5.41) is 0.972. The van der Waals surface area contributed by atoms with Gasteiger partial charge in [-0.15, -0.1) is 0 Å². The zero-order valence-electron chi connectivity index (χ0n) is 13.9. The van der Waals surface area contributed by atoms with Crippen molar-refractivity contribution in [3.05, 3.63) is 84.7 Å². The number of hydrogen-bond donors (Lipinski definition) is 0. The highest BCUT2D eigenvalue weighted by Crippen LogP contribution is 2.34. The first kappa shape index (κ1) is 17.0. The molecule has 0 saturated carbocycles. The van der Waals surface area contributed by atoms with Crippen molar-refractivity contribution >= 4 is 10.9 Å². The van der Waals surface area contributed by atoms with Crippen LogP contribution in [0.25, 0.3) is 22.0 Å². The standard InChI is InChI=1S/C21H13F3N2O/c22-21(23,24)16-6-8-17(9-7-16)27-20-18(4-2-12-26-20)14-5-10-19-15(13-14)3-1-11-25-19/h1-13H. The van der Waals surface area contributed by atoms with E-state index in [2.05, 4.69) is 9.97 Å². The molecule has 0 radical (unpaired) electrons. The normalized spacial score (nSPS) is 11.5. The van der Waals surface area contributed by atoms with Gasteiger partial charge in [0.15, 0.2) is 0 Å². The van der Waals surface area contributed by atoms with Gasteiger partial charge in [0.05, 0.1) is 11.1 Å². The lowest BCUT2D eigenvalue weighted by Gasteiger charge is -2.12. The highest BCUT2D eigenvalue weighted by Gasteiger charge is 2.30. The summed E-state index contributed by atoms with van der Waals surface area (Å²) in [6, 6.07) is 17.8. The molecule has 0 aliphatic rings. The smallest absolute Gasteiger partial charge is 0.416 e. The van der Waals surface area contributed by atoms with E-state index in [9.17, 15) is 13.2 Å². The minimum absolute atomic E-state index is 0.283. The van der Waals surface area contributed by atoms with Crippen LogP contribution in [0.4, 0.5) is 13.2 Å². The molecule has 2 aromatic carbocycles. The van der Waals surface area contributed by atoms with E-state index in [4.69, 9.17) is 4.74 Å². The number of alkyl halides is 3. The minimum atomic E-state index is -4.38. The van der Waals surface area contributed by atoms with Crippen molar-refractivity contribution in [2.75, 3.05) is 0 Å². The Bertz CT molecular complexity index is 1090. The molecular weight excluding hydrogens is 353 g/mol. The van der Waals surface area contributed by atoms with Crippen molar-refractivity contribution in [1.29, 1.82) is 0 Å². The number of ether oxygens (including phenoxy) is 1. The van der Waals surface area contributed by atoms with E-state index in [-0.39, 0.29) is 5.75 Å². The quantitative estimate of drug-likeness (QED) is 0.439. The number of benzene rings is 2. The zero-order chi connectivity index (χ0) is 18.9. The summed E-state index contributed by atoms with van der Waals surface area (Å²) in [6.07, 6.45) is -1.08. The van der Waals surface area contributed by atoms with Crippen LogP contribution in [0.2, 0.25) is 0 Å². The van der Waals surface area contributed by atoms with Gasteiger partial charge in [-0.25, -0.2) is 4.98 Å². The molecule has 0 aliphatic carbocycles. The molecule has 0 atom stereocenters. The van der Waals surface area contributed by atoms with Gasteiger partial charge in [-0.2, -0.15) is 13.2 Å². The molecule has 27 heavy (non-hydrogen) atoms. The average molecular weight is 366 g/mol. The predicted octanol–water partition coefficient (Wildman–Crippen LogP) is 6.11. The molecule has 0 fully saturated rings. The lowest BCUT2D eigenvalue weighted by atomic mass is 10.0. The van der Waals surface area contributed by atoms with Crippen LogP contribution in [0.5, 0.6) is 11.6 Å². The Hall–Kier alpha value is -3.41. The van der Waals surface area contributed by atoms with E-state index in [1.165, 1.54) is 12.1 Å². The van der Waals surface area contributed by atoms with Gasteiger partial charge in [0.25, 0.3) is 0 Å². The number of fused-ring (bicyclic) bond motifs is 1. The number of hydrogen-bond acceptors (Lipinski definition) is 3. The molecule has 0 aliphatic heterocycles. The Balaban J connectivity index is 1.68. The molecule has 134 valence electrons. The van der Waals surface area contributed by atoms with Crippen molar-refractivity contribution in [2.45, 2.75) is 6.18 Å². The van der Waals surface area contributed by atoms with Gasteiger partial charge in [0, 0.05) is 23.3 Å². The summed E-state index contributed by atoms with van der Waals surface area (Å²) >= 11 is 0. The van der Waals surface area contributed by atoms with Crippen LogP contribution in [0.3, 0.4) is 0 Å². The Morgan fingerprint density at radius 1 is 0.778 bits per heavy atom. The molecule has 0 spiro atoms. The van der Waals surface area contributed by atoms with Crippen LogP contribution in [0.15, 0.2) is 79.1 Å². The largest absolute Gasteiger partial charge is 0.438 e. The summed E-state index contributed by atoms with van der Waals surface area (Å²) < 4.78 is 43.9. The molecule has 4 rings (SSSR count). The number of nitrogens with zero attached hydrogens (tertiary/aromatic N) is 2. The molecule has 2 heterocycles. The maximum Gasteiger partial charge on any atom is 0.416 e. The lowest BCUT2D eigenvalue weighted by Crippen LogP contribution is -2.04. The zero-order valence-corrected chi connectivity index (χ0v) is 13.9. The number of halogens is 3. The van der Waals surface area contributed by atoms with Gasteiger partial charge in [0.1, 0.15) is 5.75 Å². The van der Waals surface area contributed by atoms with Crippen LogP contribution >= 0.6 is 0 Å².